The van der Waals surface area contributed by atoms with E-state index in [4.69, 9.17) is 0 Å². The highest BCUT2D eigenvalue weighted by Gasteiger charge is 2.30. The van der Waals surface area contributed by atoms with Crippen molar-refractivity contribution in [2.75, 3.05) is 31.1 Å². The smallest absolute Gasteiger partial charge is 0.368 e. The van der Waals surface area contributed by atoms with Crippen LogP contribution in [0.4, 0.5) is 18.9 Å². The second-order valence-electron chi connectivity index (χ2n) is 7.12. The Hall–Kier alpha value is -2.87. The molecule has 3 aromatic rings. The van der Waals surface area contributed by atoms with Crippen molar-refractivity contribution in [2.45, 2.75) is 13.1 Å². The first-order valence-corrected chi connectivity index (χ1v) is 10.4. The van der Waals surface area contributed by atoms with Crippen LogP contribution >= 0.6 is 11.3 Å². The number of carbonyl (C=O) groups is 1. The third-order valence-corrected chi connectivity index (χ3v) is 6.33. The molecule has 1 saturated heterocycles. The predicted octanol–water partition coefficient (Wildman–Crippen LogP) is 5.10. The van der Waals surface area contributed by atoms with Gasteiger partial charge in [-0.15, -0.1) is 11.3 Å². The van der Waals surface area contributed by atoms with Crippen molar-refractivity contribution < 1.29 is 18.0 Å². The van der Waals surface area contributed by atoms with Crippen molar-refractivity contribution in [2.24, 2.45) is 0 Å². The molecule has 0 atom stereocenters. The lowest BCUT2D eigenvalue weighted by Gasteiger charge is -2.36. The van der Waals surface area contributed by atoms with Gasteiger partial charge in [-0.3, -0.25) is 4.79 Å². The number of para-hydroxylation sites is 1. The third kappa shape index (κ3) is 4.18. The van der Waals surface area contributed by atoms with Crippen molar-refractivity contribution in [1.82, 2.24) is 9.88 Å². The normalized spacial score (nSPS) is 14.8. The topological polar surface area (TPSA) is 36.4 Å². The molecule has 2 heterocycles. The maximum Gasteiger partial charge on any atom is 0.416 e. The van der Waals surface area contributed by atoms with Gasteiger partial charge in [0.1, 0.15) is 9.88 Å². The summed E-state index contributed by atoms with van der Waals surface area (Å²) in [5.41, 5.74) is 1.62. The van der Waals surface area contributed by atoms with Crippen LogP contribution in [0.1, 0.15) is 20.9 Å². The Balaban J connectivity index is 1.46. The molecule has 1 aliphatic heterocycles. The van der Waals surface area contributed by atoms with E-state index in [-0.39, 0.29) is 5.91 Å². The van der Waals surface area contributed by atoms with Crippen LogP contribution in [0.2, 0.25) is 0 Å². The molecule has 1 aromatic heterocycles. The van der Waals surface area contributed by atoms with Crippen molar-refractivity contribution in [1.29, 1.82) is 0 Å². The quantitative estimate of drug-likeness (QED) is 0.579. The number of rotatable bonds is 3. The molecule has 0 spiro atoms. The molecule has 1 amide bonds. The number of halogens is 3. The number of thiazole rings is 1. The van der Waals surface area contributed by atoms with E-state index in [1.54, 1.807) is 6.92 Å². The van der Waals surface area contributed by atoms with Gasteiger partial charge < -0.3 is 9.80 Å². The van der Waals surface area contributed by atoms with Crippen molar-refractivity contribution in [3.05, 3.63) is 70.7 Å². The van der Waals surface area contributed by atoms with Gasteiger partial charge >= 0.3 is 6.18 Å². The van der Waals surface area contributed by atoms with Crippen LogP contribution in [0, 0.1) is 6.92 Å². The van der Waals surface area contributed by atoms with E-state index >= 15 is 0 Å². The van der Waals surface area contributed by atoms with Crippen LogP contribution in [0.25, 0.3) is 10.6 Å². The van der Waals surface area contributed by atoms with E-state index in [0.717, 1.165) is 30.9 Å². The maximum atomic E-state index is 13.0. The molecule has 0 saturated carbocycles. The Morgan fingerprint density at radius 3 is 2.20 bits per heavy atom. The Morgan fingerprint density at radius 1 is 0.967 bits per heavy atom. The Kier molecular flexibility index (Phi) is 5.51. The summed E-state index contributed by atoms with van der Waals surface area (Å²) >= 11 is 1.23. The number of hydrogen-bond acceptors (Lipinski definition) is 4. The highest BCUT2D eigenvalue weighted by atomic mass is 32.1. The lowest BCUT2D eigenvalue weighted by atomic mass is 10.1. The number of alkyl halides is 3. The summed E-state index contributed by atoms with van der Waals surface area (Å²) in [6, 6.07) is 15.0. The SMILES string of the molecule is Cc1nc(-c2ccc(C(F)(F)F)cc2)sc1C(=O)N1CCN(c2ccccc2)CC1. The number of carbonyl (C=O) groups excluding carboxylic acids is 1. The van der Waals surface area contributed by atoms with Gasteiger partial charge in [0.25, 0.3) is 5.91 Å². The molecule has 4 rings (SSSR count). The lowest BCUT2D eigenvalue weighted by Crippen LogP contribution is -2.48. The van der Waals surface area contributed by atoms with Crippen molar-refractivity contribution in [3.8, 4) is 10.6 Å². The molecule has 0 bridgehead atoms. The Labute approximate surface area is 176 Å². The molecule has 0 aliphatic carbocycles. The summed E-state index contributed by atoms with van der Waals surface area (Å²) in [4.78, 5) is 22.1. The Morgan fingerprint density at radius 2 is 1.60 bits per heavy atom. The van der Waals surface area contributed by atoms with E-state index in [0.29, 0.717) is 34.2 Å². The fourth-order valence-electron chi connectivity index (χ4n) is 3.47. The van der Waals surface area contributed by atoms with E-state index in [2.05, 4.69) is 22.0 Å². The average Bonchev–Trinajstić information content (AvgIpc) is 3.15. The third-order valence-electron chi connectivity index (χ3n) is 5.14. The van der Waals surface area contributed by atoms with Gasteiger partial charge in [0.2, 0.25) is 0 Å². The van der Waals surface area contributed by atoms with E-state index in [1.807, 2.05) is 23.1 Å². The van der Waals surface area contributed by atoms with Gasteiger partial charge in [-0.1, -0.05) is 30.3 Å². The van der Waals surface area contributed by atoms with E-state index < -0.39 is 11.7 Å². The molecule has 0 unspecified atom stereocenters. The largest absolute Gasteiger partial charge is 0.416 e. The first kappa shape index (κ1) is 20.4. The molecule has 2 aromatic carbocycles. The van der Waals surface area contributed by atoms with Crippen LogP contribution in [-0.2, 0) is 6.18 Å². The zero-order valence-corrected chi connectivity index (χ0v) is 17.1. The van der Waals surface area contributed by atoms with Crippen LogP contribution in [0.15, 0.2) is 54.6 Å². The molecule has 1 fully saturated rings. The first-order chi connectivity index (χ1) is 14.3. The minimum absolute atomic E-state index is 0.0733. The number of anilines is 1. The molecule has 4 nitrogen and oxygen atoms in total. The molecule has 30 heavy (non-hydrogen) atoms. The maximum absolute atomic E-state index is 13.0. The molecular formula is C22H20F3N3OS. The van der Waals surface area contributed by atoms with Crippen LogP contribution in [0.5, 0.6) is 0 Å². The number of piperazine rings is 1. The van der Waals surface area contributed by atoms with Crippen LogP contribution in [0.3, 0.4) is 0 Å². The minimum Gasteiger partial charge on any atom is -0.368 e. The summed E-state index contributed by atoms with van der Waals surface area (Å²) in [5.74, 6) is -0.0733. The van der Waals surface area contributed by atoms with Crippen molar-refractivity contribution >= 4 is 22.9 Å². The molecule has 0 N–H and O–H groups in total. The number of aryl methyl sites for hydroxylation is 1. The number of hydrogen-bond donors (Lipinski definition) is 0. The summed E-state index contributed by atoms with van der Waals surface area (Å²) in [7, 11) is 0. The van der Waals surface area contributed by atoms with Gasteiger partial charge in [-0.25, -0.2) is 4.98 Å². The second-order valence-corrected chi connectivity index (χ2v) is 8.12. The number of nitrogens with zero attached hydrogens (tertiary/aromatic N) is 3. The minimum atomic E-state index is -4.37. The van der Waals surface area contributed by atoms with Gasteiger partial charge in [0.15, 0.2) is 0 Å². The van der Waals surface area contributed by atoms with Crippen LogP contribution in [-0.4, -0.2) is 42.0 Å². The Bertz CT molecular complexity index is 1020. The summed E-state index contributed by atoms with van der Waals surface area (Å²) in [6.45, 7) is 4.48. The van der Waals surface area contributed by atoms with Gasteiger partial charge in [-0.2, -0.15) is 13.2 Å². The number of aromatic nitrogens is 1. The molecule has 156 valence electrons. The second kappa shape index (κ2) is 8.10. The summed E-state index contributed by atoms with van der Waals surface area (Å²) in [6.07, 6.45) is -4.37. The fourth-order valence-corrected chi connectivity index (χ4v) is 4.51. The summed E-state index contributed by atoms with van der Waals surface area (Å²) < 4.78 is 38.3. The summed E-state index contributed by atoms with van der Waals surface area (Å²) in [5, 5.41) is 0.549. The average molecular weight is 431 g/mol. The van der Waals surface area contributed by atoms with E-state index in [9.17, 15) is 18.0 Å². The first-order valence-electron chi connectivity index (χ1n) is 9.57. The zero-order valence-electron chi connectivity index (χ0n) is 16.3. The van der Waals surface area contributed by atoms with Gasteiger partial charge in [-0.05, 0) is 31.2 Å². The highest BCUT2D eigenvalue weighted by molar-refractivity contribution is 7.17. The monoisotopic (exact) mass is 431 g/mol. The highest BCUT2D eigenvalue weighted by Crippen LogP contribution is 2.33. The van der Waals surface area contributed by atoms with E-state index in [1.165, 1.54) is 23.5 Å². The lowest BCUT2D eigenvalue weighted by molar-refractivity contribution is -0.137. The predicted molar refractivity (Wildman–Crippen MR) is 112 cm³/mol. The molecule has 1 aliphatic rings. The molecular weight excluding hydrogens is 411 g/mol. The van der Waals surface area contributed by atoms with Crippen molar-refractivity contribution in [3.63, 3.8) is 0 Å². The molecule has 8 heteroatoms. The number of benzene rings is 2. The molecule has 0 radical (unpaired) electrons. The standard InChI is InChI=1S/C22H20F3N3OS/c1-15-19(30-20(26-15)16-7-9-17(10-8-16)22(23,24)25)21(29)28-13-11-27(12-14-28)18-5-3-2-4-6-18/h2-10H,11-14H2,1H3. The van der Waals surface area contributed by atoms with Gasteiger partial charge in [0, 0.05) is 37.4 Å². The number of amides is 1. The van der Waals surface area contributed by atoms with Crippen LogP contribution < -0.4 is 4.90 Å². The fraction of sp³-hybridized carbons (Fsp3) is 0.273. The zero-order chi connectivity index (χ0) is 21.3. The van der Waals surface area contributed by atoms with Gasteiger partial charge in [0.05, 0.1) is 11.3 Å².